The molecule has 0 aliphatic heterocycles. The van der Waals surface area contributed by atoms with E-state index in [4.69, 9.17) is 5.11 Å². The van der Waals surface area contributed by atoms with Crippen LogP contribution in [0.15, 0.2) is 19.0 Å². The highest BCUT2D eigenvalue weighted by molar-refractivity contribution is 5.78. The summed E-state index contributed by atoms with van der Waals surface area (Å²) in [5, 5.41) is 19.7. The van der Waals surface area contributed by atoms with E-state index in [-0.39, 0.29) is 0 Å². The molecule has 1 rings (SSSR count). The number of hydrogen-bond donors (Lipinski definition) is 2. The number of aromatic amines is 1. The third-order valence-corrected chi connectivity index (χ3v) is 0.444. The predicted octanol–water partition coefficient (Wildman–Crippen LogP) is -0.543. The summed E-state index contributed by atoms with van der Waals surface area (Å²) in [4.78, 5) is 9.25. The molecule has 2 N–H and O–H groups in total. The average Bonchev–Trinajstić information content (AvgIpc) is 2.43. The molecule has 0 aliphatic rings. The molecule has 54 valence electrons. The largest absolute Gasteiger partial charge is 0.478 e. The first kappa shape index (κ1) is 8.28. The Balaban J connectivity index is 0.000000162. The van der Waals surface area contributed by atoms with E-state index >= 15 is 0 Å². The Hall–Kier alpha value is -1.72. The molecule has 1 heterocycles. The van der Waals surface area contributed by atoms with Crippen molar-refractivity contribution in [1.29, 1.82) is 0 Å². The molecule has 0 aliphatic carbocycles. The lowest BCUT2D eigenvalue weighted by molar-refractivity contribution is -0.131. The van der Waals surface area contributed by atoms with Crippen LogP contribution in [0.4, 0.5) is 0 Å². The summed E-state index contributed by atoms with van der Waals surface area (Å²) >= 11 is 0. The molecule has 0 atom stereocenters. The van der Waals surface area contributed by atoms with Gasteiger partial charge >= 0.3 is 5.97 Å². The van der Waals surface area contributed by atoms with Crippen molar-refractivity contribution < 1.29 is 9.90 Å². The van der Waals surface area contributed by atoms with Crippen molar-refractivity contribution in [3.8, 4) is 0 Å². The minimum absolute atomic E-state index is 0.833. The molecule has 0 spiro atoms. The molecular weight excluding hydrogens is 136 g/mol. The van der Waals surface area contributed by atoms with Gasteiger partial charge in [0.2, 0.25) is 0 Å². The predicted molar refractivity (Wildman–Crippen MR) is 32.0 cm³/mol. The summed E-state index contributed by atoms with van der Waals surface area (Å²) in [6, 6.07) is 0. The first-order valence-electron chi connectivity index (χ1n) is 2.30. The van der Waals surface area contributed by atoms with E-state index in [1.165, 1.54) is 6.33 Å². The zero-order valence-corrected chi connectivity index (χ0v) is 5.06. The summed E-state index contributed by atoms with van der Waals surface area (Å²) in [6.45, 7) is 2.96. The van der Waals surface area contributed by atoms with E-state index in [1.54, 1.807) is 0 Å². The fraction of sp³-hybridized carbons (Fsp3) is 0. The molecule has 0 saturated heterocycles. The van der Waals surface area contributed by atoms with E-state index in [0.29, 0.717) is 0 Å². The number of tetrazole rings is 1. The topological polar surface area (TPSA) is 91.8 Å². The molecule has 0 fully saturated rings. The van der Waals surface area contributed by atoms with Crippen LogP contribution in [0.5, 0.6) is 0 Å². The fourth-order valence-corrected chi connectivity index (χ4v) is 0.129. The van der Waals surface area contributed by atoms with Gasteiger partial charge in [0.1, 0.15) is 6.33 Å². The van der Waals surface area contributed by atoms with Crippen LogP contribution in [-0.2, 0) is 4.79 Å². The van der Waals surface area contributed by atoms with E-state index in [9.17, 15) is 4.79 Å². The number of hydrogen-bond acceptors (Lipinski definition) is 4. The van der Waals surface area contributed by atoms with E-state index in [2.05, 4.69) is 27.2 Å². The van der Waals surface area contributed by atoms with Crippen LogP contribution in [0.2, 0.25) is 0 Å². The lowest BCUT2D eigenvalue weighted by Crippen LogP contribution is -1.82. The zero-order valence-electron chi connectivity index (χ0n) is 5.06. The van der Waals surface area contributed by atoms with Crippen LogP contribution < -0.4 is 0 Å². The molecule has 6 heteroatoms. The van der Waals surface area contributed by atoms with Crippen LogP contribution in [0.1, 0.15) is 0 Å². The van der Waals surface area contributed by atoms with Crippen LogP contribution >= 0.6 is 0 Å². The van der Waals surface area contributed by atoms with E-state index < -0.39 is 5.97 Å². The molecule has 1 aromatic rings. The maximum absolute atomic E-state index is 9.25. The van der Waals surface area contributed by atoms with Crippen molar-refractivity contribution in [2.45, 2.75) is 0 Å². The van der Waals surface area contributed by atoms with Gasteiger partial charge in [-0.2, -0.15) is 0 Å². The first-order chi connectivity index (χ1) is 4.77. The molecular formula is C4H6N4O2. The van der Waals surface area contributed by atoms with Gasteiger partial charge in [-0.15, -0.1) is 5.10 Å². The van der Waals surface area contributed by atoms with Crippen molar-refractivity contribution in [3.05, 3.63) is 19.0 Å². The van der Waals surface area contributed by atoms with Crippen LogP contribution in [-0.4, -0.2) is 31.7 Å². The van der Waals surface area contributed by atoms with Gasteiger partial charge in [0.25, 0.3) is 0 Å². The standard InChI is InChI=1S/C3H4O2.CH2N4/c1-2-3(4)5;1-2-4-5-3-1/h2H,1H2,(H,4,5);1H,(H,2,3,4,5). The van der Waals surface area contributed by atoms with Crippen LogP contribution in [0, 0.1) is 0 Å². The van der Waals surface area contributed by atoms with Crippen molar-refractivity contribution in [3.63, 3.8) is 0 Å². The Kier molecular flexibility index (Phi) is 4.49. The van der Waals surface area contributed by atoms with Gasteiger partial charge in [-0.3, -0.25) is 0 Å². The van der Waals surface area contributed by atoms with Crippen molar-refractivity contribution in [1.82, 2.24) is 20.6 Å². The van der Waals surface area contributed by atoms with Crippen LogP contribution in [0.25, 0.3) is 0 Å². The monoisotopic (exact) mass is 142 g/mol. The molecule has 0 unspecified atom stereocenters. The smallest absolute Gasteiger partial charge is 0.327 e. The highest BCUT2D eigenvalue weighted by atomic mass is 16.4. The SMILES string of the molecule is C=CC(=O)O.c1nnn[nH]1. The molecule has 10 heavy (non-hydrogen) atoms. The average molecular weight is 142 g/mol. The fourth-order valence-electron chi connectivity index (χ4n) is 0.129. The highest BCUT2D eigenvalue weighted by Gasteiger charge is 1.73. The molecule has 0 radical (unpaired) electrons. The summed E-state index contributed by atoms with van der Waals surface area (Å²) < 4.78 is 0. The number of H-pyrrole nitrogens is 1. The van der Waals surface area contributed by atoms with Gasteiger partial charge in [-0.25, -0.2) is 9.89 Å². The third-order valence-electron chi connectivity index (χ3n) is 0.444. The summed E-state index contributed by atoms with van der Waals surface area (Å²) in [7, 11) is 0. The maximum atomic E-state index is 9.25. The quantitative estimate of drug-likeness (QED) is 0.513. The van der Waals surface area contributed by atoms with E-state index in [0.717, 1.165) is 6.08 Å². The Morgan fingerprint density at radius 1 is 1.80 bits per heavy atom. The minimum atomic E-state index is -0.981. The second-order valence-corrected chi connectivity index (χ2v) is 1.11. The number of nitrogens with zero attached hydrogens (tertiary/aromatic N) is 3. The van der Waals surface area contributed by atoms with Crippen molar-refractivity contribution in [2.75, 3.05) is 0 Å². The number of carboxylic acid groups (broad SMARTS) is 1. The Bertz CT molecular complexity index is 166. The normalized spacial score (nSPS) is 7.20. The van der Waals surface area contributed by atoms with Gasteiger partial charge < -0.3 is 5.11 Å². The van der Waals surface area contributed by atoms with Crippen molar-refractivity contribution in [2.24, 2.45) is 0 Å². The number of rotatable bonds is 1. The second-order valence-electron chi connectivity index (χ2n) is 1.11. The van der Waals surface area contributed by atoms with Gasteiger partial charge in [-0.1, -0.05) is 6.58 Å². The van der Waals surface area contributed by atoms with Gasteiger partial charge in [0.15, 0.2) is 0 Å². The van der Waals surface area contributed by atoms with Crippen molar-refractivity contribution >= 4 is 5.97 Å². The highest BCUT2D eigenvalue weighted by Crippen LogP contribution is 1.54. The first-order valence-corrected chi connectivity index (χ1v) is 2.30. The number of carboxylic acids is 1. The molecule has 0 amide bonds. The number of nitrogens with one attached hydrogen (secondary N) is 1. The van der Waals surface area contributed by atoms with Gasteiger partial charge in [0.05, 0.1) is 0 Å². The number of carbonyl (C=O) groups is 1. The number of aliphatic carboxylic acids is 1. The molecule has 6 nitrogen and oxygen atoms in total. The summed E-state index contributed by atoms with van der Waals surface area (Å²) in [5.41, 5.74) is 0. The number of aromatic nitrogens is 4. The minimum Gasteiger partial charge on any atom is -0.478 e. The zero-order chi connectivity index (χ0) is 7.82. The Labute approximate surface area is 56.6 Å². The Morgan fingerprint density at radius 3 is 2.50 bits per heavy atom. The molecule has 0 aromatic carbocycles. The van der Waals surface area contributed by atoms with E-state index in [1.807, 2.05) is 0 Å². The Morgan fingerprint density at radius 2 is 2.40 bits per heavy atom. The molecule has 0 saturated carbocycles. The summed E-state index contributed by atoms with van der Waals surface area (Å²) in [6.07, 6.45) is 2.24. The molecule has 0 bridgehead atoms. The molecule has 1 aromatic heterocycles. The third kappa shape index (κ3) is 6.28. The van der Waals surface area contributed by atoms with Gasteiger partial charge in [0, 0.05) is 6.08 Å². The lowest BCUT2D eigenvalue weighted by Gasteiger charge is -1.64. The summed E-state index contributed by atoms with van der Waals surface area (Å²) in [5.74, 6) is -0.981. The lowest BCUT2D eigenvalue weighted by atomic mass is 10.7. The second kappa shape index (κ2) is 5.42. The maximum Gasteiger partial charge on any atom is 0.327 e. The van der Waals surface area contributed by atoms with Crippen LogP contribution in [0.3, 0.4) is 0 Å². The van der Waals surface area contributed by atoms with Gasteiger partial charge in [-0.05, 0) is 10.4 Å².